The Morgan fingerprint density at radius 3 is 2.00 bits per heavy atom. The molecule has 0 unspecified atom stereocenters. The second kappa shape index (κ2) is 7.90. The first kappa shape index (κ1) is 20.3. The van der Waals surface area contributed by atoms with Gasteiger partial charge >= 0.3 is 5.97 Å². The van der Waals surface area contributed by atoms with E-state index in [-0.39, 0.29) is 17.2 Å². The number of esters is 1. The highest BCUT2D eigenvalue weighted by molar-refractivity contribution is 7.90. The summed E-state index contributed by atoms with van der Waals surface area (Å²) in [4.78, 5) is 26.6. The molecule has 0 spiro atoms. The molecule has 6 nitrogen and oxygen atoms in total. The molecule has 0 radical (unpaired) electrons. The van der Waals surface area contributed by atoms with Gasteiger partial charge in [0.25, 0.3) is 0 Å². The third-order valence-electron chi connectivity index (χ3n) is 3.71. The van der Waals surface area contributed by atoms with Crippen LogP contribution in [0.25, 0.3) is 0 Å². The number of nitrogens with zero attached hydrogens (tertiary/aromatic N) is 1. The zero-order valence-electron chi connectivity index (χ0n) is 14.8. The molecule has 134 valence electrons. The predicted octanol–water partition coefficient (Wildman–Crippen LogP) is 1.94. The van der Waals surface area contributed by atoms with Crippen LogP contribution in [0.1, 0.15) is 38.1 Å². The van der Waals surface area contributed by atoms with Crippen molar-refractivity contribution < 1.29 is 22.7 Å². The van der Waals surface area contributed by atoms with Crippen molar-refractivity contribution in [1.29, 1.82) is 0 Å². The maximum atomic E-state index is 12.5. The van der Waals surface area contributed by atoms with E-state index in [2.05, 4.69) is 0 Å². The highest BCUT2D eigenvalue weighted by Gasteiger charge is 2.33. The Hall–Kier alpha value is -1.73. The standard InChI is InChI=1S/C17H25NO5S/c1-6-18(7-2)12-15(19)23-17(3,4)16(20)13-8-10-14(11-9-13)24(5,21)22/h8-11H,6-7,12H2,1-5H3. The Morgan fingerprint density at radius 2 is 1.58 bits per heavy atom. The van der Waals surface area contributed by atoms with Crippen LogP contribution in [0.5, 0.6) is 0 Å². The van der Waals surface area contributed by atoms with Crippen molar-refractivity contribution in [2.45, 2.75) is 38.2 Å². The number of sulfone groups is 1. The summed E-state index contributed by atoms with van der Waals surface area (Å²) < 4.78 is 28.3. The molecule has 0 aromatic heterocycles. The zero-order valence-corrected chi connectivity index (χ0v) is 15.6. The monoisotopic (exact) mass is 355 g/mol. The number of benzene rings is 1. The Balaban J connectivity index is 2.86. The Labute approximate surface area is 143 Å². The van der Waals surface area contributed by atoms with Gasteiger partial charge in [-0.2, -0.15) is 0 Å². The average Bonchev–Trinajstić information content (AvgIpc) is 2.50. The topological polar surface area (TPSA) is 80.8 Å². The normalized spacial score (nSPS) is 12.2. The van der Waals surface area contributed by atoms with Crippen LogP contribution in [0.2, 0.25) is 0 Å². The van der Waals surface area contributed by atoms with Gasteiger partial charge in [0, 0.05) is 11.8 Å². The minimum atomic E-state index is -3.32. The first-order valence-corrected chi connectivity index (χ1v) is 9.69. The van der Waals surface area contributed by atoms with Crippen molar-refractivity contribution in [3.63, 3.8) is 0 Å². The van der Waals surface area contributed by atoms with Crippen LogP contribution in [0, 0.1) is 0 Å². The van der Waals surface area contributed by atoms with E-state index in [4.69, 9.17) is 4.74 Å². The summed E-state index contributed by atoms with van der Waals surface area (Å²) in [6.45, 7) is 8.49. The minimum absolute atomic E-state index is 0.122. The van der Waals surface area contributed by atoms with Gasteiger partial charge in [-0.3, -0.25) is 14.5 Å². The molecule has 1 aromatic rings. The maximum Gasteiger partial charge on any atom is 0.321 e. The Bertz CT molecular complexity index is 688. The predicted molar refractivity (Wildman–Crippen MR) is 91.8 cm³/mol. The highest BCUT2D eigenvalue weighted by Crippen LogP contribution is 2.19. The lowest BCUT2D eigenvalue weighted by Crippen LogP contribution is -2.41. The first-order chi connectivity index (χ1) is 11.0. The molecule has 24 heavy (non-hydrogen) atoms. The second-order valence-corrected chi connectivity index (χ2v) is 8.09. The number of carbonyl (C=O) groups excluding carboxylic acids is 2. The van der Waals surface area contributed by atoms with E-state index in [1.54, 1.807) is 0 Å². The van der Waals surface area contributed by atoms with E-state index in [1.807, 2.05) is 18.7 Å². The Kier molecular flexibility index (Phi) is 6.68. The van der Waals surface area contributed by atoms with Crippen LogP contribution in [0.3, 0.4) is 0 Å². The molecular weight excluding hydrogens is 330 g/mol. The minimum Gasteiger partial charge on any atom is -0.450 e. The van der Waals surface area contributed by atoms with Crippen molar-refractivity contribution in [3.05, 3.63) is 29.8 Å². The van der Waals surface area contributed by atoms with Gasteiger partial charge in [0.2, 0.25) is 5.78 Å². The fourth-order valence-corrected chi connectivity index (χ4v) is 2.82. The summed E-state index contributed by atoms with van der Waals surface area (Å²) in [6.07, 6.45) is 1.10. The molecule has 0 saturated heterocycles. The largest absolute Gasteiger partial charge is 0.450 e. The molecule has 7 heteroatoms. The number of Topliss-reactive ketones (excluding diaryl/α,β-unsaturated/α-hetero) is 1. The summed E-state index contributed by atoms with van der Waals surface area (Å²) in [5.74, 6) is -0.847. The summed E-state index contributed by atoms with van der Waals surface area (Å²) >= 11 is 0. The number of hydrogen-bond donors (Lipinski definition) is 0. The van der Waals surface area contributed by atoms with Crippen LogP contribution < -0.4 is 0 Å². The fourth-order valence-electron chi connectivity index (χ4n) is 2.19. The number of ether oxygens (including phenoxy) is 1. The van der Waals surface area contributed by atoms with Crippen LogP contribution in [0.4, 0.5) is 0 Å². The van der Waals surface area contributed by atoms with Crippen molar-refractivity contribution in [3.8, 4) is 0 Å². The van der Waals surface area contributed by atoms with Gasteiger partial charge < -0.3 is 4.74 Å². The second-order valence-electron chi connectivity index (χ2n) is 6.07. The summed E-state index contributed by atoms with van der Waals surface area (Å²) in [6, 6.07) is 5.60. The molecule has 0 heterocycles. The molecule has 0 aliphatic rings. The number of likely N-dealkylation sites (N-methyl/N-ethyl adjacent to an activating group) is 1. The molecule has 0 bridgehead atoms. The molecule has 0 aliphatic carbocycles. The first-order valence-electron chi connectivity index (χ1n) is 7.80. The number of carbonyl (C=O) groups is 2. The number of ketones is 1. The van der Waals surface area contributed by atoms with E-state index in [1.165, 1.54) is 38.1 Å². The SMILES string of the molecule is CCN(CC)CC(=O)OC(C)(C)C(=O)c1ccc(S(C)(=O)=O)cc1. The third kappa shape index (κ3) is 5.42. The lowest BCUT2D eigenvalue weighted by Gasteiger charge is -2.25. The summed E-state index contributed by atoms with van der Waals surface area (Å²) in [5, 5.41) is 0. The molecule has 0 atom stereocenters. The van der Waals surface area contributed by atoms with E-state index < -0.39 is 21.4 Å². The molecule has 1 rings (SSSR count). The van der Waals surface area contributed by atoms with Crippen molar-refractivity contribution >= 4 is 21.6 Å². The van der Waals surface area contributed by atoms with Crippen LogP contribution in [-0.4, -0.2) is 56.6 Å². The van der Waals surface area contributed by atoms with Crippen LogP contribution >= 0.6 is 0 Å². The van der Waals surface area contributed by atoms with Gasteiger partial charge in [0.1, 0.15) is 0 Å². The van der Waals surface area contributed by atoms with Gasteiger partial charge in [-0.15, -0.1) is 0 Å². The number of hydrogen-bond acceptors (Lipinski definition) is 6. The number of rotatable bonds is 8. The Morgan fingerprint density at radius 1 is 1.08 bits per heavy atom. The molecule has 0 amide bonds. The van der Waals surface area contributed by atoms with E-state index in [0.717, 1.165) is 6.26 Å². The molecular formula is C17H25NO5S. The van der Waals surface area contributed by atoms with Crippen LogP contribution in [-0.2, 0) is 19.4 Å². The fraction of sp³-hybridized carbons (Fsp3) is 0.529. The van der Waals surface area contributed by atoms with E-state index >= 15 is 0 Å². The van der Waals surface area contributed by atoms with Crippen molar-refractivity contribution in [2.75, 3.05) is 25.9 Å². The smallest absolute Gasteiger partial charge is 0.321 e. The van der Waals surface area contributed by atoms with Crippen molar-refractivity contribution in [2.24, 2.45) is 0 Å². The van der Waals surface area contributed by atoms with Crippen molar-refractivity contribution in [1.82, 2.24) is 4.90 Å². The summed E-state index contributed by atoms with van der Waals surface area (Å²) in [7, 11) is -3.32. The lowest BCUT2D eigenvalue weighted by molar-refractivity contribution is -0.153. The molecule has 0 fully saturated rings. The van der Waals surface area contributed by atoms with Gasteiger partial charge in [-0.25, -0.2) is 8.42 Å². The summed E-state index contributed by atoms with van der Waals surface area (Å²) in [5.41, 5.74) is -1.03. The van der Waals surface area contributed by atoms with Gasteiger partial charge in [0.05, 0.1) is 11.4 Å². The van der Waals surface area contributed by atoms with E-state index in [0.29, 0.717) is 18.7 Å². The van der Waals surface area contributed by atoms with Gasteiger partial charge in [-0.05, 0) is 51.2 Å². The average molecular weight is 355 g/mol. The quantitative estimate of drug-likeness (QED) is 0.524. The highest BCUT2D eigenvalue weighted by atomic mass is 32.2. The molecule has 0 saturated carbocycles. The maximum absolute atomic E-state index is 12.5. The van der Waals surface area contributed by atoms with Crippen LogP contribution in [0.15, 0.2) is 29.2 Å². The van der Waals surface area contributed by atoms with E-state index in [9.17, 15) is 18.0 Å². The van der Waals surface area contributed by atoms with Gasteiger partial charge in [0.15, 0.2) is 15.4 Å². The molecule has 1 aromatic carbocycles. The van der Waals surface area contributed by atoms with Gasteiger partial charge in [-0.1, -0.05) is 13.8 Å². The molecule has 0 aliphatic heterocycles. The molecule has 0 N–H and O–H groups in total. The lowest BCUT2D eigenvalue weighted by atomic mass is 9.96. The zero-order chi connectivity index (χ0) is 18.5. The third-order valence-corrected chi connectivity index (χ3v) is 4.84.